The molecule has 1 nitrogen and oxygen atoms in total. The quantitative estimate of drug-likeness (QED) is 0.780. The summed E-state index contributed by atoms with van der Waals surface area (Å²) in [6, 6.07) is 9.08. The standard InChI is InChI=1S/C16H23N/c1-2-15-12-17-10-9-16(15)8-7-13-5-3-4-6-14(13)11-16/h3-6,15,17H,2,7-12H2,1H3. The first-order valence-electron chi connectivity index (χ1n) is 7.11. The molecule has 1 fully saturated rings. The molecule has 0 bridgehead atoms. The number of hydrogen-bond donors (Lipinski definition) is 1. The van der Waals surface area contributed by atoms with Gasteiger partial charge in [0.05, 0.1) is 0 Å². The first kappa shape index (κ1) is 11.3. The molecule has 0 aromatic heterocycles. The van der Waals surface area contributed by atoms with Gasteiger partial charge in [0.25, 0.3) is 0 Å². The van der Waals surface area contributed by atoms with Crippen molar-refractivity contribution < 1.29 is 0 Å². The Morgan fingerprint density at radius 2 is 2.06 bits per heavy atom. The molecule has 1 spiro atoms. The largest absolute Gasteiger partial charge is 0.316 e. The lowest BCUT2D eigenvalue weighted by Crippen LogP contribution is -2.47. The summed E-state index contributed by atoms with van der Waals surface area (Å²) in [6.07, 6.45) is 6.73. The van der Waals surface area contributed by atoms with Gasteiger partial charge in [-0.05, 0) is 61.2 Å². The van der Waals surface area contributed by atoms with Gasteiger partial charge in [0.15, 0.2) is 0 Å². The number of nitrogens with one attached hydrogen (secondary N) is 1. The van der Waals surface area contributed by atoms with Gasteiger partial charge >= 0.3 is 0 Å². The van der Waals surface area contributed by atoms with Crippen LogP contribution in [0, 0.1) is 11.3 Å². The highest BCUT2D eigenvalue weighted by Crippen LogP contribution is 2.46. The molecular formula is C16H23N. The maximum absolute atomic E-state index is 3.58. The molecule has 2 aliphatic rings. The van der Waals surface area contributed by atoms with E-state index in [1.165, 1.54) is 45.2 Å². The van der Waals surface area contributed by atoms with E-state index < -0.39 is 0 Å². The molecule has 1 saturated heterocycles. The number of hydrogen-bond acceptors (Lipinski definition) is 1. The summed E-state index contributed by atoms with van der Waals surface area (Å²) in [5, 5.41) is 3.58. The third-order valence-electron chi connectivity index (χ3n) is 5.10. The first-order chi connectivity index (χ1) is 8.34. The lowest BCUT2D eigenvalue weighted by Gasteiger charge is -2.47. The molecule has 1 heteroatoms. The van der Waals surface area contributed by atoms with E-state index in [9.17, 15) is 0 Å². The zero-order valence-corrected chi connectivity index (χ0v) is 10.8. The highest BCUT2D eigenvalue weighted by molar-refractivity contribution is 5.31. The van der Waals surface area contributed by atoms with Crippen LogP contribution in [0.4, 0.5) is 0 Å². The van der Waals surface area contributed by atoms with Crippen molar-refractivity contribution in [3.05, 3.63) is 35.4 Å². The van der Waals surface area contributed by atoms with Gasteiger partial charge in [0.2, 0.25) is 0 Å². The second-order valence-electron chi connectivity index (χ2n) is 5.87. The summed E-state index contributed by atoms with van der Waals surface area (Å²) in [7, 11) is 0. The van der Waals surface area contributed by atoms with Crippen LogP contribution in [0.3, 0.4) is 0 Å². The van der Waals surface area contributed by atoms with Crippen LogP contribution in [0.1, 0.15) is 37.3 Å². The van der Waals surface area contributed by atoms with Crippen molar-refractivity contribution in [3.8, 4) is 0 Å². The van der Waals surface area contributed by atoms with Gasteiger partial charge in [-0.1, -0.05) is 37.6 Å². The van der Waals surface area contributed by atoms with Crippen LogP contribution in [0.2, 0.25) is 0 Å². The van der Waals surface area contributed by atoms with Crippen LogP contribution in [0.5, 0.6) is 0 Å². The summed E-state index contributed by atoms with van der Waals surface area (Å²) in [4.78, 5) is 0. The molecule has 1 aliphatic carbocycles. The Morgan fingerprint density at radius 3 is 2.88 bits per heavy atom. The van der Waals surface area contributed by atoms with Gasteiger partial charge in [0, 0.05) is 0 Å². The Balaban J connectivity index is 1.90. The third-order valence-corrected chi connectivity index (χ3v) is 5.10. The number of fused-ring (bicyclic) bond motifs is 1. The topological polar surface area (TPSA) is 12.0 Å². The molecule has 1 aromatic carbocycles. The maximum atomic E-state index is 3.58. The van der Waals surface area contributed by atoms with Gasteiger partial charge in [-0.2, -0.15) is 0 Å². The van der Waals surface area contributed by atoms with E-state index >= 15 is 0 Å². The minimum Gasteiger partial charge on any atom is -0.316 e. The summed E-state index contributed by atoms with van der Waals surface area (Å²) < 4.78 is 0. The highest BCUT2D eigenvalue weighted by Gasteiger charge is 2.41. The number of rotatable bonds is 1. The van der Waals surface area contributed by atoms with Crippen LogP contribution < -0.4 is 5.32 Å². The Bertz CT molecular complexity index is 398. The summed E-state index contributed by atoms with van der Waals surface area (Å²) in [5.74, 6) is 0.879. The number of aryl methyl sites for hydroxylation is 1. The smallest absolute Gasteiger partial charge is 0.00152 e. The molecule has 92 valence electrons. The second kappa shape index (κ2) is 4.45. The van der Waals surface area contributed by atoms with Crippen LogP contribution in [0.25, 0.3) is 0 Å². The fourth-order valence-corrected chi connectivity index (χ4v) is 4.00. The van der Waals surface area contributed by atoms with Crippen LogP contribution in [-0.4, -0.2) is 13.1 Å². The Hall–Kier alpha value is -0.820. The van der Waals surface area contributed by atoms with Gasteiger partial charge < -0.3 is 5.32 Å². The molecule has 1 aliphatic heterocycles. The fourth-order valence-electron chi connectivity index (χ4n) is 4.00. The summed E-state index contributed by atoms with van der Waals surface area (Å²) >= 11 is 0. The molecule has 2 unspecified atom stereocenters. The van der Waals surface area contributed by atoms with Gasteiger partial charge in [-0.3, -0.25) is 0 Å². The van der Waals surface area contributed by atoms with Gasteiger partial charge in [-0.15, -0.1) is 0 Å². The SMILES string of the molecule is CCC1CNCCC12CCc1ccccc1C2. The van der Waals surface area contributed by atoms with Gasteiger partial charge in [0.1, 0.15) is 0 Å². The molecule has 2 atom stereocenters. The Morgan fingerprint density at radius 1 is 1.24 bits per heavy atom. The molecule has 3 rings (SSSR count). The molecule has 0 radical (unpaired) electrons. The van der Waals surface area contributed by atoms with Crippen molar-refractivity contribution >= 4 is 0 Å². The predicted octanol–water partition coefficient (Wildman–Crippen LogP) is 3.18. The van der Waals surface area contributed by atoms with Crippen LogP contribution in [0.15, 0.2) is 24.3 Å². The zero-order chi connectivity index (χ0) is 11.7. The van der Waals surface area contributed by atoms with Crippen LogP contribution in [-0.2, 0) is 12.8 Å². The third kappa shape index (κ3) is 1.91. The average Bonchev–Trinajstić information content (AvgIpc) is 2.39. The van der Waals surface area contributed by atoms with E-state index in [1.807, 2.05) is 0 Å². The second-order valence-corrected chi connectivity index (χ2v) is 5.87. The van der Waals surface area contributed by atoms with Crippen molar-refractivity contribution in [1.82, 2.24) is 5.32 Å². The normalized spacial score (nSPS) is 32.4. The zero-order valence-electron chi connectivity index (χ0n) is 10.8. The lowest BCUT2D eigenvalue weighted by atomic mass is 9.60. The van der Waals surface area contributed by atoms with E-state index in [0.717, 1.165) is 5.92 Å². The molecule has 1 N–H and O–H groups in total. The number of benzene rings is 1. The molecule has 17 heavy (non-hydrogen) atoms. The van der Waals surface area contributed by atoms with E-state index in [4.69, 9.17) is 0 Å². The molecule has 0 saturated carbocycles. The van der Waals surface area contributed by atoms with Crippen molar-refractivity contribution in [2.45, 2.75) is 39.0 Å². The monoisotopic (exact) mass is 229 g/mol. The first-order valence-corrected chi connectivity index (χ1v) is 7.11. The minimum atomic E-state index is 0.606. The molecule has 1 aromatic rings. The summed E-state index contributed by atoms with van der Waals surface area (Å²) in [5.41, 5.74) is 3.83. The minimum absolute atomic E-state index is 0.606. The van der Waals surface area contributed by atoms with E-state index in [0.29, 0.717) is 5.41 Å². The van der Waals surface area contributed by atoms with Crippen molar-refractivity contribution in [2.24, 2.45) is 11.3 Å². The average molecular weight is 229 g/mol. The Kier molecular flexibility index (Phi) is 2.96. The lowest BCUT2D eigenvalue weighted by molar-refractivity contribution is 0.0849. The van der Waals surface area contributed by atoms with Crippen LogP contribution >= 0.6 is 0 Å². The maximum Gasteiger partial charge on any atom is -0.00152 e. The molecule has 0 amide bonds. The Labute approximate surface area is 105 Å². The fraction of sp³-hybridized carbons (Fsp3) is 0.625. The van der Waals surface area contributed by atoms with Crippen molar-refractivity contribution in [2.75, 3.05) is 13.1 Å². The number of piperidine rings is 1. The van der Waals surface area contributed by atoms with E-state index in [1.54, 1.807) is 11.1 Å². The van der Waals surface area contributed by atoms with Gasteiger partial charge in [-0.25, -0.2) is 0 Å². The van der Waals surface area contributed by atoms with E-state index in [2.05, 4.69) is 36.5 Å². The molecule has 1 heterocycles. The summed E-state index contributed by atoms with van der Waals surface area (Å²) in [6.45, 7) is 4.82. The van der Waals surface area contributed by atoms with E-state index in [-0.39, 0.29) is 0 Å². The molecular weight excluding hydrogens is 206 g/mol. The van der Waals surface area contributed by atoms with Crippen molar-refractivity contribution in [1.29, 1.82) is 0 Å². The van der Waals surface area contributed by atoms with Crippen molar-refractivity contribution in [3.63, 3.8) is 0 Å². The highest BCUT2D eigenvalue weighted by atomic mass is 14.9. The predicted molar refractivity (Wildman–Crippen MR) is 72.2 cm³/mol.